The maximum atomic E-state index is 12.0. The smallest absolute Gasteiger partial charge is 0.335 e. The summed E-state index contributed by atoms with van der Waals surface area (Å²) >= 11 is 0. The Hall–Kier alpha value is -1.69. The van der Waals surface area contributed by atoms with Crippen molar-refractivity contribution in [3.63, 3.8) is 0 Å². The SMILES string of the molecule is O=C(O)c1ccccc1CCC(=O)N1CCS(=O)CC1. The predicted octanol–water partition coefficient (Wildman–Crippen LogP) is 0.908. The minimum atomic E-state index is -0.971. The summed E-state index contributed by atoms with van der Waals surface area (Å²) in [6.45, 7) is 1.07. The first kappa shape index (κ1) is 14.7. The fourth-order valence-electron chi connectivity index (χ4n) is 2.23. The van der Waals surface area contributed by atoms with Crippen LogP contribution in [0.15, 0.2) is 24.3 Å². The van der Waals surface area contributed by atoms with Gasteiger partial charge in [0.2, 0.25) is 5.91 Å². The average molecular weight is 295 g/mol. The number of carbonyl (C=O) groups is 2. The summed E-state index contributed by atoms with van der Waals surface area (Å²) in [5, 5.41) is 9.08. The molecule has 20 heavy (non-hydrogen) atoms. The largest absolute Gasteiger partial charge is 0.478 e. The lowest BCUT2D eigenvalue weighted by atomic mass is 10.0. The van der Waals surface area contributed by atoms with Crippen LogP contribution >= 0.6 is 0 Å². The van der Waals surface area contributed by atoms with Gasteiger partial charge >= 0.3 is 5.97 Å². The molecule has 1 aliphatic rings. The number of benzene rings is 1. The standard InChI is InChI=1S/C14H17NO4S/c16-13(15-7-9-20(19)10-8-15)6-5-11-3-1-2-4-12(11)14(17)18/h1-4H,5-10H2,(H,17,18). The lowest BCUT2D eigenvalue weighted by Crippen LogP contribution is -2.41. The summed E-state index contributed by atoms with van der Waals surface area (Å²) in [5.41, 5.74) is 0.925. The van der Waals surface area contributed by atoms with Gasteiger partial charge in [-0.05, 0) is 18.1 Å². The van der Waals surface area contributed by atoms with Gasteiger partial charge in [0, 0.05) is 41.8 Å². The quantitative estimate of drug-likeness (QED) is 0.896. The molecular formula is C14H17NO4S. The van der Waals surface area contributed by atoms with Gasteiger partial charge in [-0.2, -0.15) is 0 Å². The maximum absolute atomic E-state index is 12.0. The maximum Gasteiger partial charge on any atom is 0.335 e. The van der Waals surface area contributed by atoms with Crippen molar-refractivity contribution >= 4 is 22.7 Å². The van der Waals surface area contributed by atoms with Crippen molar-refractivity contribution in [3.05, 3.63) is 35.4 Å². The fraction of sp³-hybridized carbons (Fsp3) is 0.429. The molecule has 1 N–H and O–H groups in total. The highest BCUT2D eigenvalue weighted by Crippen LogP contribution is 2.12. The molecular weight excluding hydrogens is 278 g/mol. The van der Waals surface area contributed by atoms with Crippen molar-refractivity contribution in [1.29, 1.82) is 0 Å². The Kier molecular flexibility index (Phi) is 4.89. The van der Waals surface area contributed by atoms with E-state index >= 15 is 0 Å². The molecule has 0 aliphatic carbocycles. The average Bonchev–Trinajstić information content (AvgIpc) is 2.45. The van der Waals surface area contributed by atoms with Gasteiger partial charge in [0.05, 0.1) is 5.56 Å². The first-order valence-electron chi connectivity index (χ1n) is 6.52. The molecule has 0 atom stereocenters. The number of carboxylic acid groups (broad SMARTS) is 1. The minimum absolute atomic E-state index is 0.00175. The van der Waals surface area contributed by atoms with E-state index in [9.17, 15) is 13.8 Å². The molecule has 108 valence electrons. The van der Waals surface area contributed by atoms with Crippen LogP contribution in [0.2, 0.25) is 0 Å². The van der Waals surface area contributed by atoms with E-state index in [0.29, 0.717) is 36.6 Å². The zero-order chi connectivity index (χ0) is 14.5. The molecule has 0 spiro atoms. The topological polar surface area (TPSA) is 74.7 Å². The highest BCUT2D eigenvalue weighted by molar-refractivity contribution is 7.85. The molecule has 1 aromatic carbocycles. The highest BCUT2D eigenvalue weighted by Gasteiger charge is 2.20. The van der Waals surface area contributed by atoms with Crippen molar-refractivity contribution in [3.8, 4) is 0 Å². The van der Waals surface area contributed by atoms with Gasteiger partial charge in [-0.15, -0.1) is 0 Å². The van der Waals surface area contributed by atoms with Crippen molar-refractivity contribution < 1.29 is 18.9 Å². The Morgan fingerprint density at radius 3 is 2.50 bits per heavy atom. The van der Waals surface area contributed by atoms with Gasteiger partial charge in [0.1, 0.15) is 0 Å². The van der Waals surface area contributed by atoms with Gasteiger partial charge in [-0.1, -0.05) is 18.2 Å². The normalized spacial score (nSPS) is 16.1. The Labute approximate surface area is 120 Å². The molecule has 1 amide bonds. The Balaban J connectivity index is 1.93. The summed E-state index contributed by atoms with van der Waals surface area (Å²) in [7, 11) is -0.799. The number of rotatable bonds is 4. The minimum Gasteiger partial charge on any atom is -0.478 e. The van der Waals surface area contributed by atoms with Crippen LogP contribution in [-0.4, -0.2) is 50.7 Å². The van der Waals surface area contributed by atoms with Crippen LogP contribution < -0.4 is 0 Å². The molecule has 0 radical (unpaired) electrons. The van der Waals surface area contributed by atoms with Crippen LogP contribution in [0, 0.1) is 0 Å². The molecule has 1 aromatic rings. The van der Waals surface area contributed by atoms with Gasteiger partial charge < -0.3 is 10.0 Å². The van der Waals surface area contributed by atoms with Gasteiger partial charge in [0.25, 0.3) is 0 Å². The second-order valence-electron chi connectivity index (χ2n) is 4.69. The van der Waals surface area contributed by atoms with Crippen LogP contribution in [0.3, 0.4) is 0 Å². The number of carboxylic acids is 1. The second kappa shape index (κ2) is 6.65. The highest BCUT2D eigenvalue weighted by atomic mass is 32.2. The number of aryl methyl sites for hydroxylation is 1. The molecule has 2 rings (SSSR count). The number of nitrogens with zero attached hydrogens (tertiary/aromatic N) is 1. The van der Waals surface area contributed by atoms with Crippen molar-refractivity contribution in [1.82, 2.24) is 4.90 Å². The molecule has 0 saturated carbocycles. The van der Waals surface area contributed by atoms with Crippen molar-refractivity contribution in [2.45, 2.75) is 12.8 Å². The van der Waals surface area contributed by atoms with E-state index in [2.05, 4.69) is 0 Å². The van der Waals surface area contributed by atoms with E-state index in [1.807, 2.05) is 0 Å². The Morgan fingerprint density at radius 2 is 1.85 bits per heavy atom. The third-order valence-electron chi connectivity index (χ3n) is 3.39. The third-order valence-corrected chi connectivity index (χ3v) is 4.66. The number of aromatic carboxylic acids is 1. The molecule has 6 heteroatoms. The second-order valence-corrected chi connectivity index (χ2v) is 6.39. The first-order chi connectivity index (χ1) is 9.58. The number of hydrogen-bond donors (Lipinski definition) is 1. The van der Waals surface area contributed by atoms with E-state index < -0.39 is 16.8 Å². The molecule has 1 aliphatic heterocycles. The van der Waals surface area contributed by atoms with Crippen LogP contribution in [0.1, 0.15) is 22.3 Å². The Morgan fingerprint density at radius 1 is 1.20 bits per heavy atom. The Bertz CT molecular complexity index is 534. The lowest BCUT2D eigenvalue weighted by molar-refractivity contribution is -0.130. The van der Waals surface area contributed by atoms with Gasteiger partial charge in [-0.3, -0.25) is 9.00 Å². The summed E-state index contributed by atoms with van der Waals surface area (Å²) in [4.78, 5) is 24.8. The first-order valence-corrected chi connectivity index (χ1v) is 8.00. The van der Waals surface area contributed by atoms with E-state index in [1.54, 1.807) is 29.2 Å². The fourth-order valence-corrected chi connectivity index (χ4v) is 3.29. The van der Waals surface area contributed by atoms with E-state index in [0.717, 1.165) is 0 Å². The molecule has 1 fully saturated rings. The van der Waals surface area contributed by atoms with Crippen molar-refractivity contribution in [2.75, 3.05) is 24.6 Å². The lowest BCUT2D eigenvalue weighted by Gasteiger charge is -2.26. The van der Waals surface area contributed by atoms with E-state index in [4.69, 9.17) is 5.11 Å². The van der Waals surface area contributed by atoms with Crippen LogP contribution in [0.4, 0.5) is 0 Å². The van der Waals surface area contributed by atoms with E-state index in [-0.39, 0.29) is 17.9 Å². The monoisotopic (exact) mass is 295 g/mol. The third kappa shape index (κ3) is 3.66. The molecule has 5 nitrogen and oxygen atoms in total. The number of hydrogen-bond acceptors (Lipinski definition) is 3. The summed E-state index contributed by atoms with van der Waals surface area (Å²) in [6.07, 6.45) is 0.706. The number of carbonyl (C=O) groups excluding carboxylic acids is 1. The molecule has 0 unspecified atom stereocenters. The number of amides is 1. The summed E-state index contributed by atoms with van der Waals surface area (Å²) in [5.74, 6) is 0.109. The van der Waals surface area contributed by atoms with Crippen LogP contribution in [0.25, 0.3) is 0 Å². The van der Waals surface area contributed by atoms with Crippen LogP contribution in [-0.2, 0) is 22.0 Å². The predicted molar refractivity (Wildman–Crippen MR) is 76.2 cm³/mol. The van der Waals surface area contributed by atoms with E-state index in [1.165, 1.54) is 0 Å². The zero-order valence-electron chi connectivity index (χ0n) is 11.1. The molecule has 1 saturated heterocycles. The van der Waals surface area contributed by atoms with Gasteiger partial charge in [-0.25, -0.2) is 4.79 Å². The molecule has 0 aromatic heterocycles. The summed E-state index contributed by atoms with van der Waals surface area (Å²) < 4.78 is 11.2. The molecule has 1 heterocycles. The van der Waals surface area contributed by atoms with Crippen LogP contribution in [0.5, 0.6) is 0 Å². The summed E-state index contributed by atoms with van der Waals surface area (Å²) in [6, 6.07) is 6.74. The molecule has 0 bridgehead atoms. The zero-order valence-corrected chi connectivity index (χ0v) is 11.9. The van der Waals surface area contributed by atoms with Gasteiger partial charge in [0.15, 0.2) is 0 Å². The van der Waals surface area contributed by atoms with Crippen molar-refractivity contribution in [2.24, 2.45) is 0 Å².